The maximum atomic E-state index is 12.6. The molecule has 2 heterocycles. The summed E-state index contributed by atoms with van der Waals surface area (Å²) in [4.78, 5) is 32.4. The molecule has 0 unspecified atom stereocenters. The van der Waals surface area contributed by atoms with Gasteiger partial charge in [-0.05, 0) is 26.8 Å². The average Bonchev–Trinajstić information content (AvgIpc) is 2.94. The van der Waals surface area contributed by atoms with Crippen molar-refractivity contribution < 1.29 is 4.79 Å². The Kier molecular flexibility index (Phi) is 4.67. The number of fused-ring (bicyclic) bond motifs is 1. The summed E-state index contributed by atoms with van der Waals surface area (Å²) in [6.45, 7) is 5.81. The van der Waals surface area contributed by atoms with Crippen LogP contribution in [0.5, 0.6) is 0 Å². The van der Waals surface area contributed by atoms with E-state index in [4.69, 9.17) is 0 Å². The molecule has 0 aliphatic heterocycles. The number of likely N-dealkylation sites (N-methyl/N-ethyl adjacent to an activating group) is 1. The lowest BCUT2D eigenvalue weighted by Crippen LogP contribution is -2.36. The van der Waals surface area contributed by atoms with Crippen molar-refractivity contribution in [1.29, 1.82) is 0 Å². The molecule has 130 valence electrons. The molecule has 1 amide bonds. The van der Waals surface area contributed by atoms with Crippen LogP contribution in [0.25, 0.3) is 10.8 Å². The molecule has 2 aromatic heterocycles. The van der Waals surface area contributed by atoms with Gasteiger partial charge in [0.25, 0.3) is 5.56 Å². The molecule has 0 saturated carbocycles. The number of nitrogens with zero attached hydrogens (tertiary/aromatic N) is 4. The summed E-state index contributed by atoms with van der Waals surface area (Å²) in [5, 5.41) is 6.44. The molecule has 0 bridgehead atoms. The summed E-state index contributed by atoms with van der Waals surface area (Å²) in [6, 6.07) is 7.07. The Morgan fingerprint density at radius 1 is 1.32 bits per heavy atom. The van der Waals surface area contributed by atoms with E-state index in [9.17, 15) is 9.59 Å². The van der Waals surface area contributed by atoms with Crippen LogP contribution in [0, 0.1) is 13.8 Å². The number of aromatic nitrogens is 3. The molecule has 0 radical (unpaired) electrons. The third kappa shape index (κ3) is 3.32. The first-order valence-electron chi connectivity index (χ1n) is 8.03. The van der Waals surface area contributed by atoms with Gasteiger partial charge >= 0.3 is 0 Å². The number of hydrogen-bond acceptors (Lipinski definition) is 5. The standard InChI is InChI=1S/C18H20N4O2S/c1-11(17-12(2)25-13(3)20-17)21(4)16(23)10-22-18(24)15-8-6-5-7-14(15)9-19-22/h5-9,11H,10H2,1-4H3/t11-/m0/s1. The number of aryl methyl sites for hydroxylation is 2. The largest absolute Gasteiger partial charge is 0.336 e. The van der Waals surface area contributed by atoms with Gasteiger partial charge in [-0.25, -0.2) is 9.67 Å². The number of amides is 1. The van der Waals surface area contributed by atoms with Crippen molar-refractivity contribution >= 4 is 28.0 Å². The van der Waals surface area contributed by atoms with Crippen molar-refractivity contribution in [2.45, 2.75) is 33.4 Å². The Labute approximate surface area is 149 Å². The molecule has 0 fully saturated rings. The zero-order valence-electron chi connectivity index (χ0n) is 14.7. The molecular formula is C18H20N4O2S. The van der Waals surface area contributed by atoms with Gasteiger partial charge in [-0.15, -0.1) is 11.3 Å². The molecule has 3 rings (SSSR count). The minimum atomic E-state index is -0.256. The van der Waals surface area contributed by atoms with Crippen molar-refractivity contribution in [3.05, 3.63) is 56.4 Å². The van der Waals surface area contributed by atoms with Crippen LogP contribution in [0.2, 0.25) is 0 Å². The van der Waals surface area contributed by atoms with Crippen LogP contribution in [0.15, 0.2) is 35.3 Å². The van der Waals surface area contributed by atoms with Crippen LogP contribution in [-0.2, 0) is 11.3 Å². The maximum absolute atomic E-state index is 12.6. The number of benzene rings is 1. The summed E-state index contributed by atoms with van der Waals surface area (Å²) in [6.07, 6.45) is 1.61. The molecule has 0 spiro atoms. The molecule has 0 saturated heterocycles. The Bertz CT molecular complexity index is 992. The van der Waals surface area contributed by atoms with Gasteiger partial charge in [0.1, 0.15) is 6.54 Å². The molecule has 1 atom stereocenters. The van der Waals surface area contributed by atoms with E-state index in [1.807, 2.05) is 32.9 Å². The van der Waals surface area contributed by atoms with Crippen LogP contribution in [0.4, 0.5) is 0 Å². The summed E-state index contributed by atoms with van der Waals surface area (Å²) < 4.78 is 1.22. The van der Waals surface area contributed by atoms with E-state index in [0.29, 0.717) is 5.39 Å². The summed E-state index contributed by atoms with van der Waals surface area (Å²) in [5.41, 5.74) is 0.644. The highest BCUT2D eigenvalue weighted by molar-refractivity contribution is 7.11. The molecule has 0 aliphatic rings. The van der Waals surface area contributed by atoms with E-state index < -0.39 is 0 Å². The lowest BCUT2D eigenvalue weighted by atomic mass is 10.2. The summed E-state index contributed by atoms with van der Waals surface area (Å²) in [5.74, 6) is -0.178. The first-order chi connectivity index (χ1) is 11.9. The summed E-state index contributed by atoms with van der Waals surface area (Å²) >= 11 is 1.62. The lowest BCUT2D eigenvalue weighted by molar-refractivity contribution is -0.132. The molecular weight excluding hydrogens is 336 g/mol. The van der Waals surface area contributed by atoms with E-state index >= 15 is 0 Å². The highest BCUT2D eigenvalue weighted by atomic mass is 32.1. The highest BCUT2D eigenvalue weighted by Crippen LogP contribution is 2.26. The quantitative estimate of drug-likeness (QED) is 0.721. The Balaban J connectivity index is 1.83. The van der Waals surface area contributed by atoms with Crippen molar-refractivity contribution in [2.75, 3.05) is 7.05 Å². The minimum absolute atomic E-state index is 0.0906. The van der Waals surface area contributed by atoms with Crippen molar-refractivity contribution in [2.24, 2.45) is 0 Å². The van der Waals surface area contributed by atoms with Crippen LogP contribution < -0.4 is 5.56 Å². The van der Waals surface area contributed by atoms with Gasteiger partial charge in [0, 0.05) is 17.3 Å². The van der Waals surface area contributed by atoms with Crippen LogP contribution in [0.1, 0.15) is 28.5 Å². The van der Waals surface area contributed by atoms with Gasteiger partial charge in [0.15, 0.2) is 0 Å². The molecule has 0 aliphatic carbocycles. The van der Waals surface area contributed by atoms with Crippen molar-refractivity contribution in [3.8, 4) is 0 Å². The first-order valence-corrected chi connectivity index (χ1v) is 8.84. The zero-order chi connectivity index (χ0) is 18.1. The highest BCUT2D eigenvalue weighted by Gasteiger charge is 2.22. The van der Waals surface area contributed by atoms with E-state index in [0.717, 1.165) is 21.0 Å². The third-order valence-corrected chi connectivity index (χ3v) is 5.26. The third-order valence-electron chi connectivity index (χ3n) is 4.36. The van der Waals surface area contributed by atoms with Crippen molar-refractivity contribution in [3.63, 3.8) is 0 Å². The number of thiazole rings is 1. The molecule has 1 aromatic carbocycles. The number of carbonyl (C=O) groups excluding carboxylic acids is 1. The second-order valence-corrected chi connectivity index (χ2v) is 7.46. The zero-order valence-corrected chi connectivity index (χ0v) is 15.5. The smallest absolute Gasteiger partial charge is 0.275 e. The van der Waals surface area contributed by atoms with Crippen LogP contribution in [0.3, 0.4) is 0 Å². The van der Waals surface area contributed by atoms with Gasteiger partial charge in [-0.2, -0.15) is 5.10 Å². The van der Waals surface area contributed by atoms with Crippen molar-refractivity contribution in [1.82, 2.24) is 19.7 Å². The first kappa shape index (κ1) is 17.3. The number of rotatable bonds is 4. The molecule has 7 heteroatoms. The normalized spacial score (nSPS) is 12.3. The minimum Gasteiger partial charge on any atom is -0.336 e. The van der Waals surface area contributed by atoms with E-state index in [1.54, 1.807) is 41.6 Å². The Hall–Kier alpha value is -2.54. The fourth-order valence-electron chi connectivity index (χ4n) is 2.81. The summed E-state index contributed by atoms with van der Waals surface area (Å²) in [7, 11) is 1.73. The fraction of sp³-hybridized carbons (Fsp3) is 0.333. The monoisotopic (exact) mass is 356 g/mol. The van der Waals surface area contributed by atoms with Crippen LogP contribution >= 0.6 is 11.3 Å². The van der Waals surface area contributed by atoms with Gasteiger partial charge in [0.2, 0.25) is 5.91 Å². The SMILES string of the molecule is Cc1nc([C@H](C)N(C)C(=O)Cn2ncc3ccccc3c2=O)c(C)s1. The Morgan fingerprint density at radius 3 is 2.72 bits per heavy atom. The van der Waals surface area contributed by atoms with E-state index in [2.05, 4.69) is 10.1 Å². The van der Waals surface area contributed by atoms with Crippen LogP contribution in [-0.4, -0.2) is 32.6 Å². The van der Waals surface area contributed by atoms with E-state index in [-0.39, 0.29) is 24.1 Å². The predicted octanol–water partition coefficient (Wildman–Crippen LogP) is 2.69. The van der Waals surface area contributed by atoms with Gasteiger partial charge in [-0.1, -0.05) is 18.2 Å². The second-order valence-electron chi connectivity index (χ2n) is 6.05. The van der Waals surface area contributed by atoms with E-state index in [1.165, 1.54) is 4.68 Å². The lowest BCUT2D eigenvalue weighted by Gasteiger charge is -2.24. The maximum Gasteiger partial charge on any atom is 0.275 e. The molecule has 6 nitrogen and oxygen atoms in total. The number of carbonyl (C=O) groups is 1. The molecule has 3 aromatic rings. The molecule has 25 heavy (non-hydrogen) atoms. The van der Waals surface area contributed by atoms with Gasteiger partial charge in [0.05, 0.1) is 28.3 Å². The molecule has 0 N–H and O–H groups in total. The Morgan fingerprint density at radius 2 is 2.04 bits per heavy atom. The number of hydrogen-bond donors (Lipinski definition) is 0. The topological polar surface area (TPSA) is 68.1 Å². The predicted molar refractivity (Wildman–Crippen MR) is 98.8 cm³/mol. The second kappa shape index (κ2) is 6.76. The van der Waals surface area contributed by atoms with Gasteiger partial charge < -0.3 is 4.90 Å². The fourth-order valence-corrected chi connectivity index (χ4v) is 3.72. The van der Waals surface area contributed by atoms with Gasteiger partial charge in [-0.3, -0.25) is 9.59 Å². The average molecular weight is 356 g/mol.